The smallest absolute Gasteiger partial charge is 0.249 e. The van der Waals surface area contributed by atoms with Gasteiger partial charge >= 0.3 is 0 Å². The van der Waals surface area contributed by atoms with Gasteiger partial charge in [0.05, 0.1) is 12.3 Å². The summed E-state index contributed by atoms with van der Waals surface area (Å²) in [5, 5.41) is 11.9. The Hall–Kier alpha value is -3.79. The van der Waals surface area contributed by atoms with E-state index in [4.69, 9.17) is 4.42 Å². The van der Waals surface area contributed by atoms with Crippen molar-refractivity contribution in [3.05, 3.63) is 72.0 Å². The lowest BCUT2D eigenvalue weighted by Gasteiger charge is -2.09. The summed E-state index contributed by atoms with van der Waals surface area (Å²) in [6.45, 7) is 2.02. The van der Waals surface area contributed by atoms with Crippen LogP contribution >= 0.6 is 0 Å². The second kappa shape index (κ2) is 9.61. The van der Waals surface area contributed by atoms with Crippen molar-refractivity contribution in [1.29, 1.82) is 5.26 Å². The molecule has 0 saturated carbocycles. The van der Waals surface area contributed by atoms with Gasteiger partial charge in [0, 0.05) is 24.1 Å². The molecule has 1 unspecified atom stereocenters. The average Bonchev–Trinajstić information content (AvgIpc) is 3.23. The second-order valence-electron chi connectivity index (χ2n) is 6.69. The maximum absolute atomic E-state index is 13.0. The largest absolute Gasteiger partial charge is 0.441 e. The zero-order valence-corrected chi connectivity index (χ0v) is 16.4. The maximum Gasteiger partial charge on any atom is 0.249 e. The van der Waals surface area contributed by atoms with Crippen LogP contribution < -0.4 is 5.32 Å². The molecular weight excluding hydrogens is 385 g/mol. The molecule has 1 amide bonds. The Bertz CT molecular complexity index is 1070. The van der Waals surface area contributed by atoms with E-state index in [1.54, 1.807) is 30.3 Å². The molecule has 0 aliphatic carbocycles. The molecule has 0 spiro atoms. The molecule has 0 saturated heterocycles. The van der Waals surface area contributed by atoms with Crippen LogP contribution in [0.25, 0.3) is 11.3 Å². The molecule has 7 heteroatoms. The minimum absolute atomic E-state index is 0.0657. The zero-order chi connectivity index (χ0) is 21.5. The third-order valence-corrected chi connectivity index (χ3v) is 4.61. The SMILES string of the molecule is CCc1ccc(NC(=O)C(C#N)C(=O)CCc2ncc(-c3ccc(F)cc3)o2)cc1. The summed E-state index contributed by atoms with van der Waals surface area (Å²) in [6, 6.07) is 14.7. The van der Waals surface area contributed by atoms with Crippen molar-refractivity contribution in [2.45, 2.75) is 26.2 Å². The maximum atomic E-state index is 13.0. The summed E-state index contributed by atoms with van der Waals surface area (Å²) in [5.74, 6) is -2.20. The minimum Gasteiger partial charge on any atom is -0.441 e. The van der Waals surface area contributed by atoms with Crippen molar-refractivity contribution in [2.24, 2.45) is 5.92 Å². The number of anilines is 1. The molecule has 30 heavy (non-hydrogen) atoms. The van der Waals surface area contributed by atoms with E-state index in [-0.39, 0.29) is 18.7 Å². The fraction of sp³-hybridized carbons (Fsp3) is 0.217. The number of benzene rings is 2. The monoisotopic (exact) mass is 405 g/mol. The summed E-state index contributed by atoms with van der Waals surface area (Å²) in [4.78, 5) is 28.8. The number of amides is 1. The summed E-state index contributed by atoms with van der Waals surface area (Å²) in [5.41, 5.74) is 2.30. The minimum atomic E-state index is -1.41. The Morgan fingerprint density at radius 3 is 2.50 bits per heavy atom. The predicted molar refractivity (Wildman–Crippen MR) is 109 cm³/mol. The number of carbonyl (C=O) groups is 2. The van der Waals surface area contributed by atoms with Crippen LogP contribution in [-0.2, 0) is 22.4 Å². The summed E-state index contributed by atoms with van der Waals surface area (Å²) in [6.07, 6.45) is 2.44. The van der Waals surface area contributed by atoms with E-state index in [0.717, 1.165) is 12.0 Å². The summed E-state index contributed by atoms with van der Waals surface area (Å²) >= 11 is 0. The number of aromatic nitrogens is 1. The first-order valence-corrected chi connectivity index (χ1v) is 9.53. The highest BCUT2D eigenvalue weighted by molar-refractivity contribution is 6.09. The Morgan fingerprint density at radius 2 is 1.87 bits per heavy atom. The molecule has 0 aliphatic rings. The van der Waals surface area contributed by atoms with Gasteiger partial charge in [-0.2, -0.15) is 5.26 Å². The van der Waals surface area contributed by atoms with Crippen LogP contribution in [0.5, 0.6) is 0 Å². The number of rotatable bonds is 8. The molecule has 1 heterocycles. The average molecular weight is 405 g/mol. The second-order valence-corrected chi connectivity index (χ2v) is 6.69. The van der Waals surface area contributed by atoms with Gasteiger partial charge in [0.15, 0.2) is 23.4 Å². The molecule has 6 nitrogen and oxygen atoms in total. The van der Waals surface area contributed by atoms with E-state index in [1.165, 1.54) is 18.3 Å². The number of Topliss-reactive ketones (excluding diaryl/α,β-unsaturated/α-hetero) is 1. The van der Waals surface area contributed by atoms with Crippen molar-refractivity contribution in [3.8, 4) is 17.4 Å². The van der Waals surface area contributed by atoms with Crippen LogP contribution in [0.2, 0.25) is 0 Å². The van der Waals surface area contributed by atoms with Gasteiger partial charge in [-0.15, -0.1) is 0 Å². The number of hydrogen-bond acceptors (Lipinski definition) is 5. The van der Waals surface area contributed by atoms with Crippen LogP contribution in [0.3, 0.4) is 0 Å². The number of nitrogens with one attached hydrogen (secondary N) is 1. The van der Waals surface area contributed by atoms with Crippen molar-refractivity contribution >= 4 is 17.4 Å². The third-order valence-electron chi connectivity index (χ3n) is 4.61. The number of halogens is 1. The highest BCUT2D eigenvalue weighted by Gasteiger charge is 2.26. The van der Waals surface area contributed by atoms with E-state index in [1.807, 2.05) is 19.1 Å². The van der Waals surface area contributed by atoms with Crippen LogP contribution in [0, 0.1) is 23.1 Å². The fourth-order valence-electron chi connectivity index (χ4n) is 2.86. The van der Waals surface area contributed by atoms with Gasteiger partial charge < -0.3 is 9.73 Å². The molecule has 1 N–H and O–H groups in total. The van der Waals surface area contributed by atoms with Crippen molar-refractivity contribution in [1.82, 2.24) is 4.98 Å². The highest BCUT2D eigenvalue weighted by atomic mass is 19.1. The van der Waals surface area contributed by atoms with Crippen molar-refractivity contribution in [3.63, 3.8) is 0 Å². The number of carbonyl (C=O) groups excluding carboxylic acids is 2. The third kappa shape index (κ3) is 5.17. The topological polar surface area (TPSA) is 96.0 Å². The molecule has 152 valence electrons. The number of nitriles is 1. The molecule has 3 rings (SSSR count). The molecule has 0 radical (unpaired) electrons. The molecule has 0 fully saturated rings. The van der Waals surface area contributed by atoms with E-state index in [0.29, 0.717) is 22.9 Å². The Labute approximate surface area is 173 Å². The molecular formula is C23H20FN3O3. The Kier molecular flexibility index (Phi) is 6.71. The zero-order valence-electron chi connectivity index (χ0n) is 16.4. The predicted octanol–water partition coefficient (Wildman–Crippen LogP) is 4.32. The van der Waals surface area contributed by atoms with E-state index in [2.05, 4.69) is 10.3 Å². The van der Waals surface area contributed by atoms with Crippen LogP contribution in [-0.4, -0.2) is 16.7 Å². The lowest BCUT2D eigenvalue weighted by atomic mass is 10.0. The summed E-state index contributed by atoms with van der Waals surface area (Å²) in [7, 11) is 0. The first-order chi connectivity index (χ1) is 14.5. The first-order valence-electron chi connectivity index (χ1n) is 9.53. The highest BCUT2D eigenvalue weighted by Crippen LogP contribution is 2.21. The lowest BCUT2D eigenvalue weighted by molar-refractivity contribution is -0.128. The quantitative estimate of drug-likeness (QED) is 0.563. The number of hydrogen-bond donors (Lipinski definition) is 1. The molecule has 0 aliphatic heterocycles. The van der Waals surface area contributed by atoms with Crippen LogP contribution in [0.1, 0.15) is 24.8 Å². The standard InChI is InChI=1S/C23H20FN3O3/c1-2-15-3-9-18(10-4-15)27-23(29)19(13-25)20(28)11-12-22-26-14-21(30-22)16-5-7-17(24)8-6-16/h3-10,14,19H,2,11-12H2,1H3,(H,27,29). The number of aryl methyl sites for hydroxylation is 2. The molecule has 3 aromatic rings. The van der Waals surface area contributed by atoms with Crippen molar-refractivity contribution < 1.29 is 18.4 Å². The van der Waals surface area contributed by atoms with Gasteiger partial charge in [0.2, 0.25) is 5.91 Å². The molecule has 2 aromatic carbocycles. The van der Waals surface area contributed by atoms with Gasteiger partial charge in [-0.25, -0.2) is 9.37 Å². The molecule has 1 aromatic heterocycles. The number of nitrogens with zero attached hydrogens (tertiary/aromatic N) is 2. The molecule has 0 bridgehead atoms. The normalized spacial score (nSPS) is 11.5. The Morgan fingerprint density at radius 1 is 1.17 bits per heavy atom. The Balaban J connectivity index is 1.58. The fourth-order valence-corrected chi connectivity index (χ4v) is 2.86. The van der Waals surface area contributed by atoms with Gasteiger partial charge in [-0.05, 0) is 48.4 Å². The van der Waals surface area contributed by atoms with E-state index < -0.39 is 17.6 Å². The molecule has 1 atom stereocenters. The lowest BCUT2D eigenvalue weighted by Crippen LogP contribution is -2.28. The number of ketones is 1. The summed E-state index contributed by atoms with van der Waals surface area (Å²) < 4.78 is 18.6. The van der Waals surface area contributed by atoms with Crippen LogP contribution in [0.15, 0.2) is 59.1 Å². The van der Waals surface area contributed by atoms with Gasteiger partial charge in [0.25, 0.3) is 0 Å². The van der Waals surface area contributed by atoms with Crippen LogP contribution in [0.4, 0.5) is 10.1 Å². The van der Waals surface area contributed by atoms with Gasteiger partial charge in [0.1, 0.15) is 5.82 Å². The first kappa shape index (κ1) is 20.9. The van der Waals surface area contributed by atoms with Gasteiger partial charge in [-0.1, -0.05) is 19.1 Å². The van der Waals surface area contributed by atoms with E-state index in [9.17, 15) is 19.2 Å². The van der Waals surface area contributed by atoms with Crippen molar-refractivity contribution in [2.75, 3.05) is 5.32 Å². The van der Waals surface area contributed by atoms with E-state index >= 15 is 0 Å². The van der Waals surface area contributed by atoms with Gasteiger partial charge in [-0.3, -0.25) is 9.59 Å². The number of oxazole rings is 1.